The molecular weight excluding hydrogens is 358 g/mol. The molecule has 27 heavy (non-hydrogen) atoms. The first-order valence-electron chi connectivity index (χ1n) is 9.50. The number of hydrogen-bond donors (Lipinski definition) is 2. The van der Waals surface area contributed by atoms with Gasteiger partial charge in [0.25, 0.3) is 0 Å². The summed E-state index contributed by atoms with van der Waals surface area (Å²) in [6.45, 7) is 6.96. The summed E-state index contributed by atoms with van der Waals surface area (Å²) in [5.74, 6) is 0.0838. The smallest absolute Gasteiger partial charge is 0.243 e. The van der Waals surface area contributed by atoms with Crippen LogP contribution >= 0.6 is 11.6 Å². The van der Waals surface area contributed by atoms with Crippen molar-refractivity contribution in [3.05, 3.63) is 70.2 Å². The fraction of sp³-hybridized carbons (Fsp3) is 0.364. The average molecular weight is 385 g/mol. The van der Waals surface area contributed by atoms with Crippen LogP contribution in [0.15, 0.2) is 53.6 Å². The maximum Gasteiger partial charge on any atom is 0.243 e. The van der Waals surface area contributed by atoms with Gasteiger partial charge in [0, 0.05) is 23.4 Å². The van der Waals surface area contributed by atoms with Gasteiger partial charge < -0.3 is 4.90 Å². The van der Waals surface area contributed by atoms with E-state index >= 15 is 0 Å². The van der Waals surface area contributed by atoms with Gasteiger partial charge in [-0.15, -0.1) is 0 Å². The van der Waals surface area contributed by atoms with E-state index in [9.17, 15) is 4.79 Å². The minimum Gasteiger partial charge on any atom is -0.331 e. The molecule has 0 bridgehead atoms. The molecule has 2 aromatic carbocycles. The van der Waals surface area contributed by atoms with Crippen LogP contribution in [0.5, 0.6) is 0 Å². The van der Waals surface area contributed by atoms with Gasteiger partial charge in [0.2, 0.25) is 5.91 Å². The standard InChI is InChI=1S/C22H26ClN3O/c1-16-3-7-19(8-4-16)17(2)24-25-22(27)20-11-13-26(14-12-20)15-18-5-9-21(23)10-6-18/h3-10,20H,11-15H2,1-2H3,(H,25,27)/p+1/b24-17+. The lowest BCUT2D eigenvalue weighted by atomic mass is 9.96. The quantitative estimate of drug-likeness (QED) is 0.604. The molecule has 1 aliphatic rings. The fourth-order valence-electron chi connectivity index (χ4n) is 3.45. The van der Waals surface area contributed by atoms with Gasteiger partial charge in [-0.25, -0.2) is 5.43 Å². The van der Waals surface area contributed by atoms with E-state index in [2.05, 4.69) is 41.7 Å². The largest absolute Gasteiger partial charge is 0.331 e. The Bertz CT molecular complexity index is 791. The molecule has 1 fully saturated rings. The Morgan fingerprint density at radius 1 is 1.11 bits per heavy atom. The SMILES string of the molecule is C/C(=N\NC(=O)C1CC[NH+](Cc2ccc(Cl)cc2)CC1)c1ccc(C)cc1. The number of rotatable bonds is 5. The Kier molecular flexibility index (Phi) is 6.64. The summed E-state index contributed by atoms with van der Waals surface area (Å²) in [6, 6.07) is 16.2. The predicted octanol–water partition coefficient (Wildman–Crippen LogP) is 2.98. The second-order valence-electron chi connectivity index (χ2n) is 7.37. The highest BCUT2D eigenvalue weighted by molar-refractivity contribution is 6.30. The van der Waals surface area contributed by atoms with Gasteiger partial charge in [-0.2, -0.15) is 5.10 Å². The summed E-state index contributed by atoms with van der Waals surface area (Å²) in [5.41, 5.74) is 7.12. The van der Waals surface area contributed by atoms with Crippen molar-refractivity contribution in [3.8, 4) is 0 Å². The molecular formula is C22H27ClN3O+. The van der Waals surface area contributed by atoms with Crippen molar-refractivity contribution in [1.29, 1.82) is 0 Å². The van der Waals surface area contributed by atoms with E-state index in [1.807, 2.05) is 31.2 Å². The van der Waals surface area contributed by atoms with Crippen molar-refractivity contribution >= 4 is 23.2 Å². The van der Waals surface area contributed by atoms with E-state index in [1.54, 1.807) is 0 Å². The van der Waals surface area contributed by atoms with Crippen LogP contribution in [-0.4, -0.2) is 24.7 Å². The number of nitrogens with zero attached hydrogens (tertiary/aromatic N) is 1. The normalized spacial score (nSPS) is 20.3. The molecule has 5 heteroatoms. The van der Waals surface area contributed by atoms with Crippen LogP contribution in [0.4, 0.5) is 0 Å². The number of halogens is 1. The molecule has 0 saturated carbocycles. The van der Waals surface area contributed by atoms with Crippen LogP contribution in [0.25, 0.3) is 0 Å². The van der Waals surface area contributed by atoms with Crippen LogP contribution in [0.3, 0.4) is 0 Å². The Morgan fingerprint density at radius 3 is 2.37 bits per heavy atom. The molecule has 0 aliphatic carbocycles. The minimum absolute atomic E-state index is 0.0343. The van der Waals surface area contributed by atoms with Crippen molar-refractivity contribution in [2.75, 3.05) is 13.1 Å². The summed E-state index contributed by atoms with van der Waals surface area (Å²) >= 11 is 5.94. The van der Waals surface area contributed by atoms with Gasteiger partial charge in [-0.3, -0.25) is 4.79 Å². The molecule has 1 aliphatic heterocycles. The number of hydrazone groups is 1. The third-order valence-electron chi connectivity index (χ3n) is 5.23. The topological polar surface area (TPSA) is 45.9 Å². The highest BCUT2D eigenvalue weighted by atomic mass is 35.5. The first-order valence-corrected chi connectivity index (χ1v) is 9.88. The number of piperidine rings is 1. The van der Waals surface area contributed by atoms with E-state index in [4.69, 9.17) is 11.6 Å². The highest BCUT2D eigenvalue weighted by Gasteiger charge is 2.27. The van der Waals surface area contributed by atoms with Crippen molar-refractivity contribution in [3.63, 3.8) is 0 Å². The van der Waals surface area contributed by atoms with Gasteiger partial charge in [-0.1, -0.05) is 53.6 Å². The van der Waals surface area contributed by atoms with Crippen LogP contribution in [0.1, 0.15) is 36.5 Å². The van der Waals surface area contributed by atoms with Crippen LogP contribution < -0.4 is 10.3 Å². The fourth-order valence-corrected chi connectivity index (χ4v) is 3.57. The maximum atomic E-state index is 12.4. The summed E-state index contributed by atoms with van der Waals surface area (Å²) in [4.78, 5) is 14.0. The molecule has 0 radical (unpaired) electrons. The Hall–Kier alpha value is -2.17. The first-order chi connectivity index (χ1) is 13.0. The number of likely N-dealkylation sites (tertiary alicyclic amines) is 1. The molecule has 4 nitrogen and oxygen atoms in total. The van der Waals surface area contributed by atoms with Gasteiger partial charge in [0.15, 0.2) is 0 Å². The number of nitrogens with one attached hydrogen (secondary N) is 2. The predicted molar refractivity (Wildman–Crippen MR) is 110 cm³/mol. The molecule has 142 valence electrons. The number of aryl methyl sites for hydroxylation is 1. The Labute approximate surface area is 166 Å². The molecule has 0 atom stereocenters. The number of quaternary nitrogens is 1. The lowest BCUT2D eigenvalue weighted by molar-refractivity contribution is -0.919. The summed E-state index contributed by atoms with van der Waals surface area (Å²) in [5, 5.41) is 5.06. The number of carbonyl (C=O) groups excluding carboxylic acids is 1. The number of benzene rings is 2. The highest BCUT2D eigenvalue weighted by Crippen LogP contribution is 2.12. The molecule has 1 heterocycles. The van der Waals surface area contributed by atoms with E-state index in [-0.39, 0.29) is 11.8 Å². The third kappa shape index (κ3) is 5.65. The van der Waals surface area contributed by atoms with E-state index in [1.165, 1.54) is 16.0 Å². The average Bonchev–Trinajstić information content (AvgIpc) is 2.69. The minimum atomic E-state index is 0.0343. The van der Waals surface area contributed by atoms with Gasteiger partial charge in [-0.05, 0) is 31.5 Å². The molecule has 3 rings (SSSR count). The molecule has 0 aromatic heterocycles. The molecule has 2 aromatic rings. The van der Waals surface area contributed by atoms with Crippen molar-refractivity contribution in [2.45, 2.75) is 33.2 Å². The summed E-state index contributed by atoms with van der Waals surface area (Å²) < 4.78 is 0. The van der Waals surface area contributed by atoms with Crippen LogP contribution in [0.2, 0.25) is 5.02 Å². The lowest BCUT2D eigenvalue weighted by Crippen LogP contribution is -3.11. The second kappa shape index (κ2) is 9.16. The third-order valence-corrected chi connectivity index (χ3v) is 5.49. The van der Waals surface area contributed by atoms with E-state index in [0.29, 0.717) is 0 Å². The van der Waals surface area contributed by atoms with E-state index < -0.39 is 0 Å². The van der Waals surface area contributed by atoms with E-state index in [0.717, 1.165) is 48.8 Å². The zero-order valence-corrected chi connectivity index (χ0v) is 16.7. The van der Waals surface area contributed by atoms with Crippen LogP contribution in [-0.2, 0) is 11.3 Å². The number of hydrogen-bond acceptors (Lipinski definition) is 2. The van der Waals surface area contributed by atoms with Gasteiger partial charge in [0.05, 0.1) is 24.7 Å². The van der Waals surface area contributed by atoms with Crippen molar-refractivity contribution < 1.29 is 9.69 Å². The molecule has 0 spiro atoms. The lowest BCUT2D eigenvalue weighted by Gasteiger charge is -2.28. The summed E-state index contributed by atoms with van der Waals surface area (Å²) in [6.07, 6.45) is 1.79. The van der Waals surface area contributed by atoms with Gasteiger partial charge >= 0.3 is 0 Å². The Balaban J connectivity index is 1.47. The van der Waals surface area contributed by atoms with Crippen molar-refractivity contribution in [1.82, 2.24) is 5.43 Å². The first kappa shape index (κ1) is 19.6. The van der Waals surface area contributed by atoms with Crippen LogP contribution in [0, 0.1) is 12.8 Å². The molecule has 1 amide bonds. The number of amides is 1. The molecule has 0 unspecified atom stereocenters. The zero-order valence-electron chi connectivity index (χ0n) is 16.0. The second-order valence-corrected chi connectivity index (χ2v) is 7.80. The summed E-state index contributed by atoms with van der Waals surface area (Å²) in [7, 11) is 0. The Morgan fingerprint density at radius 2 is 1.74 bits per heavy atom. The zero-order chi connectivity index (χ0) is 19.2. The maximum absolute atomic E-state index is 12.4. The van der Waals surface area contributed by atoms with Crippen molar-refractivity contribution in [2.24, 2.45) is 11.0 Å². The number of carbonyl (C=O) groups is 1. The monoisotopic (exact) mass is 384 g/mol. The van der Waals surface area contributed by atoms with Gasteiger partial charge in [0.1, 0.15) is 6.54 Å². The molecule has 1 saturated heterocycles. The molecule has 2 N–H and O–H groups in total.